The zero-order valence-corrected chi connectivity index (χ0v) is 26.9. The van der Waals surface area contributed by atoms with Crippen LogP contribution < -0.4 is 0 Å². The number of hydrogen-bond donors (Lipinski definition) is 0. The van der Waals surface area contributed by atoms with Crippen LogP contribution in [-0.4, -0.2) is 9.55 Å². The predicted molar refractivity (Wildman–Crippen MR) is 215 cm³/mol. The van der Waals surface area contributed by atoms with Crippen molar-refractivity contribution in [1.29, 1.82) is 0 Å². The summed E-state index contributed by atoms with van der Waals surface area (Å²) in [5, 5.41) is 2.07. The molecule has 0 unspecified atom stereocenters. The summed E-state index contributed by atoms with van der Waals surface area (Å²) in [7, 11) is 0. The third-order valence-electron chi connectivity index (χ3n) is 9.32. The largest absolute Gasteiger partial charge is 0.292 e. The molecule has 10 rings (SSSR count). The summed E-state index contributed by atoms with van der Waals surface area (Å²) in [4.78, 5) is 5.07. The van der Waals surface area contributed by atoms with E-state index in [0.717, 1.165) is 27.5 Å². The van der Waals surface area contributed by atoms with E-state index in [4.69, 9.17) is 17.3 Å². The van der Waals surface area contributed by atoms with Gasteiger partial charge in [0.1, 0.15) is 5.82 Å². The van der Waals surface area contributed by atoms with Crippen LogP contribution in [0.5, 0.6) is 0 Å². The molecule has 1 aromatic heterocycles. The van der Waals surface area contributed by atoms with Gasteiger partial charge in [0, 0.05) is 10.9 Å². The fourth-order valence-electron chi connectivity index (χ4n) is 7.08. The first-order valence-corrected chi connectivity index (χ1v) is 16.4. The minimum atomic E-state index is -0.564. The highest BCUT2D eigenvalue weighted by molar-refractivity contribution is 6.21. The van der Waals surface area contributed by atoms with Crippen LogP contribution in [0.4, 0.5) is 0 Å². The molecular weight excluding hydrogens is 617 g/mol. The summed E-state index contributed by atoms with van der Waals surface area (Å²) in [6.07, 6.45) is 0. The Morgan fingerprint density at radius 2 is 0.980 bits per heavy atom. The summed E-state index contributed by atoms with van der Waals surface area (Å²) >= 11 is 0. The standard InChI is InChI=1S/C49H32N2/c1-2-14-33(15-3-1)37-18-12-19-38(32-37)48-42-23-8-6-21-40(42)47(41-22-7-9-24-43(41)48)35-28-30-36(31-29-35)49-50-44-25-10-11-26-46(44)51(49)45-27-13-17-34-16-4-5-20-39(34)45/h1-32H/i1D,2D,3D,6D,7D,8D,9D,14D,15D,21D,22D,23D,24D. The van der Waals surface area contributed by atoms with E-state index in [9.17, 15) is 5.48 Å². The van der Waals surface area contributed by atoms with Gasteiger partial charge >= 0.3 is 0 Å². The van der Waals surface area contributed by atoms with E-state index in [1.165, 1.54) is 6.07 Å². The number of nitrogens with zero attached hydrogens (tertiary/aromatic N) is 2. The monoisotopic (exact) mass is 661 g/mol. The molecule has 0 saturated heterocycles. The summed E-state index contributed by atoms with van der Waals surface area (Å²) in [6, 6.07) is 28.9. The van der Waals surface area contributed by atoms with Gasteiger partial charge in [0.2, 0.25) is 0 Å². The number of hydrogen-bond acceptors (Lipinski definition) is 1. The topological polar surface area (TPSA) is 17.8 Å². The zero-order valence-electron chi connectivity index (χ0n) is 39.9. The van der Waals surface area contributed by atoms with Gasteiger partial charge in [-0.3, -0.25) is 4.57 Å². The molecule has 2 heteroatoms. The Morgan fingerprint density at radius 3 is 1.73 bits per heavy atom. The Morgan fingerprint density at radius 1 is 0.412 bits per heavy atom. The van der Waals surface area contributed by atoms with Crippen LogP contribution in [0.15, 0.2) is 194 Å². The average molecular weight is 662 g/mol. The molecule has 0 saturated carbocycles. The van der Waals surface area contributed by atoms with Crippen molar-refractivity contribution in [3.63, 3.8) is 0 Å². The Kier molecular flexibility index (Phi) is 4.43. The van der Waals surface area contributed by atoms with Gasteiger partial charge in [-0.05, 0) is 84.6 Å². The van der Waals surface area contributed by atoms with Crippen molar-refractivity contribution in [1.82, 2.24) is 9.55 Å². The molecule has 0 radical (unpaired) electrons. The lowest BCUT2D eigenvalue weighted by Gasteiger charge is -2.18. The van der Waals surface area contributed by atoms with Gasteiger partial charge in [-0.15, -0.1) is 0 Å². The highest BCUT2D eigenvalue weighted by Crippen LogP contribution is 2.44. The molecule has 0 aliphatic heterocycles. The van der Waals surface area contributed by atoms with Crippen molar-refractivity contribution in [2.75, 3.05) is 0 Å². The van der Waals surface area contributed by atoms with Gasteiger partial charge in [-0.2, -0.15) is 0 Å². The van der Waals surface area contributed by atoms with E-state index in [1.54, 1.807) is 30.3 Å². The molecule has 0 spiro atoms. The first-order chi connectivity index (χ1) is 30.7. The fourth-order valence-corrected chi connectivity index (χ4v) is 7.08. The molecule has 0 N–H and O–H groups in total. The fraction of sp³-hybridized carbons (Fsp3) is 0. The summed E-state index contributed by atoms with van der Waals surface area (Å²) in [6.45, 7) is 0. The first-order valence-electron chi connectivity index (χ1n) is 22.9. The van der Waals surface area contributed by atoms with E-state index >= 15 is 0 Å². The predicted octanol–water partition coefficient (Wildman–Crippen LogP) is 13.2. The van der Waals surface area contributed by atoms with E-state index in [1.807, 2.05) is 72.8 Å². The lowest BCUT2D eigenvalue weighted by atomic mass is 9.85. The van der Waals surface area contributed by atoms with Crippen molar-refractivity contribution in [3.8, 4) is 50.5 Å². The first kappa shape index (κ1) is 18.8. The molecule has 0 atom stereocenters. The van der Waals surface area contributed by atoms with Crippen LogP contribution in [0.2, 0.25) is 0 Å². The highest BCUT2D eigenvalue weighted by atomic mass is 15.1. The number of fused-ring (bicyclic) bond motifs is 4. The molecule has 2 nitrogen and oxygen atoms in total. The van der Waals surface area contributed by atoms with Crippen molar-refractivity contribution in [2.45, 2.75) is 0 Å². The molecule has 238 valence electrons. The second kappa shape index (κ2) is 12.0. The van der Waals surface area contributed by atoms with Crippen LogP contribution in [-0.2, 0) is 0 Å². The molecule has 9 aromatic carbocycles. The zero-order chi connectivity index (χ0) is 45.0. The van der Waals surface area contributed by atoms with Crippen LogP contribution in [0.1, 0.15) is 17.8 Å². The van der Waals surface area contributed by atoms with Gasteiger partial charge in [0.05, 0.1) is 34.5 Å². The van der Waals surface area contributed by atoms with Gasteiger partial charge in [0.25, 0.3) is 0 Å². The lowest BCUT2D eigenvalue weighted by Crippen LogP contribution is -1.98. The maximum Gasteiger partial charge on any atom is 0.145 e. The van der Waals surface area contributed by atoms with Crippen LogP contribution >= 0.6 is 0 Å². The second-order valence-corrected chi connectivity index (χ2v) is 12.2. The minimum absolute atomic E-state index is 0.0152. The summed E-state index contributed by atoms with van der Waals surface area (Å²) < 4.78 is 117. The SMILES string of the molecule is [2H]c1c([2H])c([2H])c(-c2cccc(-c3c4c([2H])c([2H])c([2H])c([2H])c4c(-c4ccc(-c5nc6ccccc6n5-c5cccc6ccccc56)cc4)c4c([2H])c([2H])c([2H])c([2H])c34)c2)c([2H])c1[2H]. The Hall–Kier alpha value is -6.77. The summed E-state index contributed by atoms with van der Waals surface area (Å²) in [5.41, 5.74) is 4.28. The van der Waals surface area contributed by atoms with Crippen molar-refractivity contribution >= 4 is 43.4 Å². The Balaban J connectivity index is 1.28. The van der Waals surface area contributed by atoms with E-state index < -0.39 is 78.6 Å². The second-order valence-electron chi connectivity index (χ2n) is 12.2. The molecule has 0 fully saturated rings. The van der Waals surface area contributed by atoms with Gasteiger partial charge in [-0.25, -0.2) is 4.98 Å². The Bertz CT molecular complexity index is 3540. The van der Waals surface area contributed by atoms with E-state index in [2.05, 4.69) is 10.6 Å². The average Bonchev–Trinajstić information content (AvgIpc) is 3.71. The Labute approximate surface area is 314 Å². The van der Waals surface area contributed by atoms with E-state index in [0.29, 0.717) is 17.0 Å². The minimum Gasteiger partial charge on any atom is -0.292 e. The van der Waals surface area contributed by atoms with Gasteiger partial charge < -0.3 is 0 Å². The molecular formula is C49H32N2. The molecule has 0 amide bonds. The number of benzene rings is 9. The van der Waals surface area contributed by atoms with Crippen LogP contribution in [0, 0.1) is 0 Å². The third-order valence-corrected chi connectivity index (χ3v) is 9.32. The maximum atomic E-state index is 9.39. The number of imidazole rings is 1. The smallest absolute Gasteiger partial charge is 0.145 e. The molecule has 10 aromatic rings. The number of para-hydroxylation sites is 2. The molecule has 0 aliphatic rings. The molecule has 0 aliphatic carbocycles. The van der Waals surface area contributed by atoms with Crippen molar-refractivity contribution in [2.24, 2.45) is 0 Å². The quantitative estimate of drug-likeness (QED) is 0.168. The van der Waals surface area contributed by atoms with Crippen LogP contribution in [0.3, 0.4) is 0 Å². The maximum absolute atomic E-state index is 9.39. The van der Waals surface area contributed by atoms with Crippen LogP contribution in [0.25, 0.3) is 93.8 Å². The third kappa shape index (κ3) is 4.84. The highest BCUT2D eigenvalue weighted by Gasteiger charge is 2.19. The van der Waals surface area contributed by atoms with Gasteiger partial charge in [0.15, 0.2) is 0 Å². The number of aromatic nitrogens is 2. The molecule has 1 heterocycles. The molecule has 51 heavy (non-hydrogen) atoms. The van der Waals surface area contributed by atoms with Crippen molar-refractivity contribution in [3.05, 3.63) is 194 Å². The van der Waals surface area contributed by atoms with Gasteiger partial charge in [-0.1, -0.05) is 170 Å². The van der Waals surface area contributed by atoms with E-state index in [-0.39, 0.29) is 49.4 Å². The normalized spacial score (nSPS) is 15.1. The molecule has 0 bridgehead atoms. The number of rotatable bonds is 5. The lowest BCUT2D eigenvalue weighted by molar-refractivity contribution is 1.11. The van der Waals surface area contributed by atoms with Crippen molar-refractivity contribution < 1.29 is 17.8 Å². The summed E-state index contributed by atoms with van der Waals surface area (Å²) in [5.74, 6) is 0.636.